The summed E-state index contributed by atoms with van der Waals surface area (Å²) in [6, 6.07) is 0. The molecule has 7 heteroatoms. The molecule has 0 atom stereocenters. The van der Waals surface area contributed by atoms with E-state index in [1.165, 1.54) is 9.80 Å². The Morgan fingerprint density at radius 2 is 1.88 bits per heavy atom. The molecule has 0 saturated carbocycles. The zero-order valence-corrected chi connectivity index (χ0v) is 8.76. The lowest BCUT2D eigenvalue weighted by Crippen LogP contribution is -2.59. The molecule has 16 heavy (non-hydrogen) atoms. The maximum atomic E-state index is 11.2. The molecule has 0 bridgehead atoms. The van der Waals surface area contributed by atoms with Gasteiger partial charge in [0.15, 0.2) is 6.79 Å². The Morgan fingerprint density at radius 1 is 1.25 bits per heavy atom. The van der Waals surface area contributed by atoms with Crippen molar-refractivity contribution in [2.45, 2.75) is 6.42 Å². The highest BCUT2D eigenvalue weighted by Gasteiger charge is 2.50. The molecule has 2 saturated heterocycles. The monoisotopic (exact) mass is 230 g/mol. The fourth-order valence-corrected chi connectivity index (χ4v) is 2.40. The van der Waals surface area contributed by atoms with Crippen LogP contribution in [-0.2, 0) is 4.74 Å². The Labute approximate surface area is 92.2 Å². The number of nitrogens with zero attached hydrogens (tertiary/aromatic N) is 2. The summed E-state index contributed by atoms with van der Waals surface area (Å²) in [5.74, 6) is 0. The van der Waals surface area contributed by atoms with Crippen molar-refractivity contribution in [1.82, 2.24) is 9.80 Å². The molecular weight excluding hydrogens is 216 g/mol. The minimum Gasteiger partial charge on any atom is -0.465 e. The van der Waals surface area contributed by atoms with E-state index in [1.54, 1.807) is 0 Å². The first-order valence-corrected chi connectivity index (χ1v) is 5.07. The Kier molecular flexibility index (Phi) is 2.63. The largest absolute Gasteiger partial charge is 0.465 e. The molecule has 90 valence electrons. The van der Waals surface area contributed by atoms with Crippen molar-refractivity contribution in [2.24, 2.45) is 5.41 Å². The highest BCUT2D eigenvalue weighted by Crippen LogP contribution is 2.39. The molecule has 0 aromatic heterocycles. The van der Waals surface area contributed by atoms with Gasteiger partial charge in [-0.15, -0.1) is 0 Å². The quantitative estimate of drug-likeness (QED) is 0.607. The van der Waals surface area contributed by atoms with Gasteiger partial charge in [-0.2, -0.15) is 0 Å². The molecule has 2 heterocycles. The molecule has 0 radical (unpaired) electrons. The summed E-state index contributed by atoms with van der Waals surface area (Å²) in [5, 5.41) is 17.2. The van der Waals surface area contributed by atoms with Crippen LogP contribution in [0.25, 0.3) is 0 Å². The second kappa shape index (κ2) is 3.82. The summed E-state index contributed by atoms with van der Waals surface area (Å²) >= 11 is 0. The summed E-state index contributed by atoms with van der Waals surface area (Å²) in [6.07, 6.45) is -0.669. The number of aliphatic hydroxyl groups excluding tert-OH is 1. The van der Waals surface area contributed by atoms with Gasteiger partial charge in [-0.1, -0.05) is 0 Å². The number of carbonyl (C=O) groups is 2. The van der Waals surface area contributed by atoms with Crippen LogP contribution in [0.15, 0.2) is 0 Å². The van der Waals surface area contributed by atoms with Crippen molar-refractivity contribution >= 4 is 12.2 Å². The fraction of sp³-hybridized carbons (Fsp3) is 0.778. The summed E-state index contributed by atoms with van der Waals surface area (Å²) in [4.78, 5) is 24.8. The van der Waals surface area contributed by atoms with Gasteiger partial charge in [-0.05, 0) is 6.42 Å². The van der Waals surface area contributed by atoms with Crippen molar-refractivity contribution in [3.05, 3.63) is 0 Å². The molecule has 0 unspecified atom stereocenters. The van der Waals surface area contributed by atoms with Gasteiger partial charge in [-0.3, -0.25) is 0 Å². The minimum atomic E-state index is -0.909. The van der Waals surface area contributed by atoms with E-state index in [4.69, 9.17) is 10.2 Å². The molecule has 2 aliphatic heterocycles. The number of aliphatic hydroxyl groups is 1. The Balaban J connectivity index is 1.84. The van der Waals surface area contributed by atoms with E-state index in [0.717, 1.165) is 6.42 Å². The van der Waals surface area contributed by atoms with Gasteiger partial charge in [0, 0.05) is 31.6 Å². The summed E-state index contributed by atoms with van der Waals surface area (Å²) < 4.78 is 4.44. The van der Waals surface area contributed by atoms with Crippen molar-refractivity contribution in [2.75, 3.05) is 33.0 Å². The lowest BCUT2D eigenvalue weighted by molar-refractivity contribution is -0.0271. The van der Waals surface area contributed by atoms with E-state index < -0.39 is 19.0 Å². The first-order chi connectivity index (χ1) is 7.56. The predicted molar refractivity (Wildman–Crippen MR) is 51.8 cm³/mol. The Bertz CT molecular complexity index is 313. The van der Waals surface area contributed by atoms with Crippen LogP contribution < -0.4 is 0 Å². The van der Waals surface area contributed by atoms with Crippen LogP contribution in [-0.4, -0.2) is 65.2 Å². The van der Waals surface area contributed by atoms with Gasteiger partial charge in [0.2, 0.25) is 0 Å². The van der Waals surface area contributed by atoms with Crippen LogP contribution in [0.3, 0.4) is 0 Å². The number of hydrogen-bond acceptors (Lipinski definition) is 4. The normalized spacial score (nSPS) is 22.1. The topological polar surface area (TPSA) is 90.3 Å². The maximum Gasteiger partial charge on any atom is 0.411 e. The van der Waals surface area contributed by atoms with Gasteiger partial charge in [0.05, 0.1) is 0 Å². The molecule has 1 spiro atoms. The molecule has 0 aromatic rings. The Morgan fingerprint density at radius 3 is 2.38 bits per heavy atom. The third-order valence-corrected chi connectivity index (χ3v) is 3.21. The molecule has 2 amide bonds. The number of hydrogen-bond donors (Lipinski definition) is 2. The second-order valence-electron chi connectivity index (χ2n) is 4.35. The van der Waals surface area contributed by atoms with Gasteiger partial charge in [0.1, 0.15) is 0 Å². The molecule has 2 N–H and O–H groups in total. The number of carboxylic acid groups (broad SMARTS) is 1. The smallest absolute Gasteiger partial charge is 0.411 e. The first-order valence-electron chi connectivity index (χ1n) is 5.07. The van der Waals surface area contributed by atoms with E-state index >= 15 is 0 Å². The molecule has 2 rings (SSSR count). The van der Waals surface area contributed by atoms with Crippen LogP contribution in [0.2, 0.25) is 0 Å². The van der Waals surface area contributed by atoms with Crippen LogP contribution in [0.1, 0.15) is 6.42 Å². The number of carbonyl (C=O) groups excluding carboxylic acids is 1. The molecule has 0 aliphatic carbocycles. The molecule has 2 fully saturated rings. The lowest BCUT2D eigenvalue weighted by Gasteiger charge is -2.46. The Hall–Kier alpha value is -1.50. The standard InChI is InChI=1S/C9H14N2O5/c12-6-16-8(15)11-4-9(5-11)1-2-10(3-9)7(13)14/h12H,1-6H2,(H,13,14). The summed E-state index contributed by atoms with van der Waals surface area (Å²) in [6.45, 7) is 1.40. The average molecular weight is 230 g/mol. The van der Waals surface area contributed by atoms with Crippen molar-refractivity contribution < 1.29 is 24.5 Å². The molecule has 2 aliphatic rings. The van der Waals surface area contributed by atoms with E-state index in [2.05, 4.69) is 4.74 Å². The van der Waals surface area contributed by atoms with E-state index in [9.17, 15) is 9.59 Å². The van der Waals surface area contributed by atoms with E-state index in [0.29, 0.717) is 26.2 Å². The summed E-state index contributed by atoms with van der Waals surface area (Å²) in [7, 11) is 0. The predicted octanol–water partition coefficient (Wildman–Crippen LogP) is -0.241. The van der Waals surface area contributed by atoms with Crippen LogP contribution in [0.4, 0.5) is 9.59 Å². The number of ether oxygens (including phenoxy) is 1. The third-order valence-electron chi connectivity index (χ3n) is 3.21. The average Bonchev–Trinajstić information content (AvgIpc) is 2.60. The molecule has 7 nitrogen and oxygen atoms in total. The van der Waals surface area contributed by atoms with Gasteiger partial charge in [-0.25, -0.2) is 9.59 Å². The van der Waals surface area contributed by atoms with Crippen LogP contribution in [0, 0.1) is 5.41 Å². The van der Waals surface area contributed by atoms with E-state index in [1.807, 2.05) is 0 Å². The van der Waals surface area contributed by atoms with Crippen LogP contribution >= 0.6 is 0 Å². The van der Waals surface area contributed by atoms with Crippen molar-refractivity contribution in [3.8, 4) is 0 Å². The highest BCUT2D eigenvalue weighted by molar-refractivity contribution is 5.69. The van der Waals surface area contributed by atoms with E-state index in [-0.39, 0.29) is 5.41 Å². The number of rotatable bonds is 1. The van der Waals surface area contributed by atoms with Gasteiger partial charge in [0.25, 0.3) is 0 Å². The molecular formula is C9H14N2O5. The number of likely N-dealkylation sites (tertiary alicyclic amines) is 2. The third kappa shape index (κ3) is 1.78. The fourth-order valence-electron chi connectivity index (χ4n) is 2.40. The van der Waals surface area contributed by atoms with Crippen molar-refractivity contribution in [3.63, 3.8) is 0 Å². The van der Waals surface area contributed by atoms with Gasteiger partial charge < -0.3 is 24.7 Å². The maximum absolute atomic E-state index is 11.2. The highest BCUT2D eigenvalue weighted by atomic mass is 16.6. The second-order valence-corrected chi connectivity index (χ2v) is 4.35. The SMILES string of the molecule is O=C(O)N1CCC2(C1)CN(C(=O)OCO)C2. The zero-order chi connectivity index (χ0) is 11.8. The molecule has 0 aromatic carbocycles. The minimum absolute atomic E-state index is 0.0904. The van der Waals surface area contributed by atoms with Crippen molar-refractivity contribution in [1.29, 1.82) is 0 Å². The first kappa shape index (κ1) is 11.0. The number of amides is 2. The van der Waals surface area contributed by atoms with Crippen LogP contribution in [0.5, 0.6) is 0 Å². The van der Waals surface area contributed by atoms with Gasteiger partial charge >= 0.3 is 12.2 Å². The lowest BCUT2D eigenvalue weighted by atomic mass is 9.79. The summed E-state index contributed by atoms with van der Waals surface area (Å²) in [5.41, 5.74) is -0.0904. The zero-order valence-electron chi connectivity index (χ0n) is 8.76.